The molecule has 1 N–H and O–H groups in total. The molecule has 0 aliphatic heterocycles. The summed E-state index contributed by atoms with van der Waals surface area (Å²) >= 11 is 0. The van der Waals surface area contributed by atoms with E-state index in [1.165, 1.54) is 4.90 Å². The molecule has 0 radical (unpaired) electrons. The predicted octanol–water partition coefficient (Wildman–Crippen LogP) is 2.97. The number of rotatable bonds is 17. The van der Waals surface area contributed by atoms with Crippen LogP contribution in [0.1, 0.15) is 46.0 Å². The van der Waals surface area contributed by atoms with Gasteiger partial charge in [-0.3, -0.25) is 0 Å². The Hall–Kier alpha value is -3.04. The fourth-order valence-corrected chi connectivity index (χ4v) is 2.45. The summed E-state index contributed by atoms with van der Waals surface area (Å²) in [6.07, 6.45) is 4.26. The van der Waals surface area contributed by atoms with Crippen LogP contribution in [-0.4, -0.2) is 74.6 Å². The summed E-state index contributed by atoms with van der Waals surface area (Å²) in [5.74, 6) is -1.10. The molecule has 10 nitrogen and oxygen atoms in total. The maximum absolute atomic E-state index is 12.5. The fraction of sp³-hybridized carbons (Fsp3) is 0.636. The molecule has 0 aromatic heterocycles. The molecule has 32 heavy (non-hydrogen) atoms. The summed E-state index contributed by atoms with van der Waals surface area (Å²) in [6.45, 7) is 11.7. The topological polar surface area (TPSA) is 120 Å². The van der Waals surface area contributed by atoms with E-state index >= 15 is 0 Å². The highest BCUT2D eigenvalue weighted by Gasteiger charge is 2.18. The van der Waals surface area contributed by atoms with Crippen LogP contribution in [0.25, 0.3) is 0 Å². The Morgan fingerprint density at radius 2 is 1.53 bits per heavy atom. The van der Waals surface area contributed by atoms with E-state index in [1.807, 2.05) is 0 Å². The molecule has 0 fully saturated rings. The molecular formula is C22H36N2O8. The minimum Gasteiger partial charge on any atom is -0.462 e. The first kappa shape index (κ1) is 29.0. The summed E-state index contributed by atoms with van der Waals surface area (Å²) in [6, 6.07) is 0. The van der Waals surface area contributed by atoms with Gasteiger partial charge >= 0.3 is 24.1 Å². The Morgan fingerprint density at radius 3 is 2.16 bits per heavy atom. The lowest BCUT2D eigenvalue weighted by molar-refractivity contribution is -0.139. The van der Waals surface area contributed by atoms with E-state index in [2.05, 4.69) is 18.5 Å². The number of carbonyl (C=O) groups is 4. The molecule has 0 spiro atoms. The molecule has 1 unspecified atom stereocenters. The zero-order chi connectivity index (χ0) is 24.2. The predicted molar refractivity (Wildman–Crippen MR) is 118 cm³/mol. The second-order valence-electron chi connectivity index (χ2n) is 6.77. The summed E-state index contributed by atoms with van der Waals surface area (Å²) < 4.78 is 20.0. The van der Waals surface area contributed by atoms with Crippen molar-refractivity contribution in [3.8, 4) is 0 Å². The van der Waals surface area contributed by atoms with Crippen molar-refractivity contribution in [2.24, 2.45) is 0 Å². The Balaban J connectivity index is 4.37. The zero-order valence-corrected chi connectivity index (χ0v) is 19.1. The van der Waals surface area contributed by atoms with Crippen molar-refractivity contribution < 1.29 is 38.1 Å². The van der Waals surface area contributed by atoms with Crippen molar-refractivity contribution in [3.05, 3.63) is 25.3 Å². The van der Waals surface area contributed by atoms with E-state index in [0.717, 1.165) is 37.8 Å². The summed E-state index contributed by atoms with van der Waals surface area (Å²) in [5, 5.41) is 2.66. The molecule has 0 rings (SSSR count). The van der Waals surface area contributed by atoms with Crippen LogP contribution in [0.4, 0.5) is 9.59 Å². The Labute approximate surface area is 189 Å². The van der Waals surface area contributed by atoms with E-state index in [9.17, 15) is 19.2 Å². The lowest BCUT2D eigenvalue weighted by atomic mass is 10.2. The Morgan fingerprint density at radius 1 is 0.906 bits per heavy atom. The van der Waals surface area contributed by atoms with Crippen LogP contribution in [0.15, 0.2) is 25.3 Å². The Bertz CT molecular complexity index is 609. The van der Waals surface area contributed by atoms with Crippen molar-refractivity contribution in [3.63, 3.8) is 0 Å². The lowest BCUT2D eigenvalue weighted by Crippen LogP contribution is -2.37. The maximum atomic E-state index is 12.5. The van der Waals surface area contributed by atoms with Crippen molar-refractivity contribution in [2.45, 2.75) is 52.1 Å². The standard InChI is InChI=1S/C22H36N2O8/c1-5-19(25)30-16-12-18(4)32-22(28)24(15-17-31-20(26)6-2)14-11-9-8-10-13-23-21(27)29-7-3/h5-6,18H,1-2,7-17H2,3-4H3,(H,23,27). The number of amides is 2. The van der Waals surface area contributed by atoms with Crippen LogP contribution < -0.4 is 5.32 Å². The number of unbranched alkanes of at least 4 members (excludes halogenated alkanes) is 3. The van der Waals surface area contributed by atoms with Gasteiger partial charge in [-0.2, -0.15) is 0 Å². The van der Waals surface area contributed by atoms with Gasteiger partial charge in [0.15, 0.2) is 0 Å². The van der Waals surface area contributed by atoms with Crippen molar-refractivity contribution in [1.29, 1.82) is 0 Å². The fourth-order valence-electron chi connectivity index (χ4n) is 2.45. The Kier molecular flexibility index (Phi) is 16.9. The largest absolute Gasteiger partial charge is 0.462 e. The van der Waals surface area contributed by atoms with E-state index < -0.39 is 30.2 Å². The monoisotopic (exact) mass is 456 g/mol. The molecule has 2 amide bonds. The van der Waals surface area contributed by atoms with Gasteiger partial charge in [-0.1, -0.05) is 26.0 Å². The third-order valence-corrected chi connectivity index (χ3v) is 4.17. The molecule has 0 bridgehead atoms. The highest BCUT2D eigenvalue weighted by Crippen LogP contribution is 2.07. The molecule has 10 heteroatoms. The van der Waals surface area contributed by atoms with Crippen molar-refractivity contribution >= 4 is 24.1 Å². The van der Waals surface area contributed by atoms with E-state index in [0.29, 0.717) is 26.1 Å². The van der Waals surface area contributed by atoms with Gasteiger partial charge in [0.25, 0.3) is 0 Å². The van der Waals surface area contributed by atoms with Crippen LogP contribution in [0.5, 0.6) is 0 Å². The van der Waals surface area contributed by atoms with E-state index in [4.69, 9.17) is 18.9 Å². The SMILES string of the molecule is C=CC(=O)OCCC(C)OC(=O)N(CCCCCCNC(=O)OCC)CCOC(=O)C=C. The van der Waals surface area contributed by atoms with Gasteiger partial charge in [-0.25, -0.2) is 19.2 Å². The number of hydrogen-bond acceptors (Lipinski definition) is 8. The zero-order valence-electron chi connectivity index (χ0n) is 19.1. The van der Waals surface area contributed by atoms with Gasteiger partial charge in [0.05, 0.1) is 19.8 Å². The molecule has 0 heterocycles. The summed E-state index contributed by atoms with van der Waals surface area (Å²) in [4.78, 5) is 47.5. The average molecular weight is 457 g/mol. The highest BCUT2D eigenvalue weighted by atomic mass is 16.6. The van der Waals surface area contributed by atoms with Crippen molar-refractivity contribution in [2.75, 3.05) is 39.5 Å². The van der Waals surface area contributed by atoms with Crippen LogP contribution in [-0.2, 0) is 28.5 Å². The first-order chi connectivity index (χ1) is 15.3. The molecular weight excluding hydrogens is 420 g/mol. The molecule has 0 aromatic rings. The number of alkyl carbamates (subject to hydrolysis) is 1. The smallest absolute Gasteiger partial charge is 0.410 e. The van der Waals surface area contributed by atoms with Crippen LogP contribution >= 0.6 is 0 Å². The second-order valence-corrected chi connectivity index (χ2v) is 6.77. The second kappa shape index (κ2) is 18.7. The van der Waals surface area contributed by atoms with Crippen LogP contribution in [0, 0.1) is 0 Å². The minimum absolute atomic E-state index is 0.0226. The normalized spacial score (nSPS) is 10.9. The number of nitrogens with one attached hydrogen (secondary N) is 1. The number of nitrogens with zero attached hydrogens (tertiary/aromatic N) is 1. The van der Waals surface area contributed by atoms with E-state index in [1.54, 1.807) is 13.8 Å². The molecule has 0 saturated carbocycles. The first-order valence-electron chi connectivity index (χ1n) is 10.8. The third-order valence-electron chi connectivity index (χ3n) is 4.17. The molecule has 0 saturated heterocycles. The van der Waals surface area contributed by atoms with Crippen LogP contribution in [0.3, 0.4) is 0 Å². The summed E-state index contributed by atoms with van der Waals surface area (Å²) in [5.41, 5.74) is 0. The highest BCUT2D eigenvalue weighted by molar-refractivity contribution is 5.81. The lowest BCUT2D eigenvalue weighted by Gasteiger charge is -2.24. The molecule has 0 aliphatic rings. The van der Waals surface area contributed by atoms with E-state index in [-0.39, 0.29) is 19.8 Å². The maximum Gasteiger partial charge on any atom is 0.410 e. The molecule has 0 aliphatic carbocycles. The number of carbonyl (C=O) groups excluding carboxylic acids is 4. The van der Waals surface area contributed by atoms with Crippen molar-refractivity contribution in [1.82, 2.24) is 10.2 Å². The molecule has 0 aromatic carbocycles. The van der Waals surface area contributed by atoms with Gasteiger partial charge in [0, 0.05) is 31.7 Å². The van der Waals surface area contributed by atoms with Gasteiger partial charge < -0.3 is 29.2 Å². The van der Waals surface area contributed by atoms with Gasteiger partial charge in [-0.05, 0) is 26.7 Å². The van der Waals surface area contributed by atoms with Gasteiger partial charge in [0.1, 0.15) is 12.7 Å². The number of hydrogen-bond donors (Lipinski definition) is 1. The minimum atomic E-state index is -0.565. The number of ether oxygens (including phenoxy) is 4. The van der Waals surface area contributed by atoms with Gasteiger partial charge in [0.2, 0.25) is 0 Å². The van der Waals surface area contributed by atoms with Crippen LogP contribution in [0.2, 0.25) is 0 Å². The first-order valence-corrected chi connectivity index (χ1v) is 10.8. The van der Waals surface area contributed by atoms with Gasteiger partial charge in [-0.15, -0.1) is 0 Å². The molecule has 1 atom stereocenters. The quantitative estimate of drug-likeness (QED) is 0.153. The number of esters is 2. The average Bonchev–Trinajstić information content (AvgIpc) is 2.76. The summed E-state index contributed by atoms with van der Waals surface area (Å²) in [7, 11) is 0. The molecule has 182 valence electrons. The third kappa shape index (κ3) is 15.8.